The van der Waals surface area contributed by atoms with Gasteiger partial charge in [0.1, 0.15) is 0 Å². The van der Waals surface area contributed by atoms with Crippen LogP contribution in [0.3, 0.4) is 0 Å². The average Bonchev–Trinajstić information content (AvgIpc) is 2.34. The molecule has 22 heteroatoms. The number of nitrogens with zero attached hydrogens (tertiary/aromatic N) is 2. The minimum atomic E-state index is -5.07. The normalized spacial score (nSPS) is 12.4. The van der Waals surface area contributed by atoms with Crippen molar-refractivity contribution in [2.24, 2.45) is 0 Å². The molecule has 0 spiro atoms. The Morgan fingerprint density at radius 1 is 0.438 bits per heavy atom. The molecule has 14 nitrogen and oxygen atoms in total. The summed E-state index contributed by atoms with van der Waals surface area (Å²) in [7, 11) is -20.3. The second-order valence-corrected chi connectivity index (χ2v) is 12.2. The van der Waals surface area contributed by atoms with Gasteiger partial charge in [-0.15, -0.1) is 0 Å². The fraction of sp³-hybridized carbons (Fsp3) is 1.00. The summed E-state index contributed by atoms with van der Waals surface area (Å²) in [4.78, 5) is 87.4. The Morgan fingerprint density at radius 2 is 0.625 bits per heavy atom. The Kier molecular flexibility index (Phi) is 36.0. The van der Waals surface area contributed by atoms with Crippen LogP contribution in [0.25, 0.3) is 0 Å². The quantitative estimate of drug-likeness (QED) is 0.0911. The van der Waals surface area contributed by atoms with Gasteiger partial charge in [0.15, 0.2) is 0 Å². The maximum Gasteiger partial charge on any atom is 1.00 e. The van der Waals surface area contributed by atoms with E-state index >= 15 is 0 Å². The van der Waals surface area contributed by atoms with Gasteiger partial charge in [0.25, 0.3) is 0 Å². The van der Waals surface area contributed by atoms with E-state index in [9.17, 15) is 57.4 Å². The third-order valence-corrected chi connectivity index (χ3v) is 6.18. The molecule has 170 valence electrons. The van der Waals surface area contributed by atoms with Gasteiger partial charge < -0.3 is 57.4 Å². The smallest absolute Gasteiger partial charge is 0.810 e. The predicted molar refractivity (Wildman–Crippen MR) is 86.2 cm³/mol. The Bertz CT molecular complexity index is 582. The van der Waals surface area contributed by atoms with Gasteiger partial charge in [-0.2, -0.15) is 0 Å². The van der Waals surface area contributed by atoms with Crippen LogP contribution in [0.2, 0.25) is 0 Å². The summed E-state index contributed by atoms with van der Waals surface area (Å²) in [6.45, 7) is -0.363. The molecule has 0 aromatic rings. The van der Waals surface area contributed by atoms with Crippen molar-refractivity contribution in [1.29, 1.82) is 0 Å². The van der Waals surface area contributed by atoms with Crippen molar-refractivity contribution in [3.63, 3.8) is 0 Å². The molecule has 0 aliphatic carbocycles. The van der Waals surface area contributed by atoms with Crippen molar-refractivity contribution < 1.29 is 269 Å². The molecule has 32 heavy (non-hydrogen) atoms. The van der Waals surface area contributed by atoms with Gasteiger partial charge in [-0.05, 0) is 25.9 Å². The van der Waals surface area contributed by atoms with Crippen LogP contribution in [-0.4, -0.2) is 48.0 Å². The van der Waals surface area contributed by atoms with Crippen LogP contribution in [0.1, 0.15) is 31.4 Å². The van der Waals surface area contributed by atoms with Crippen LogP contribution in [0.15, 0.2) is 0 Å². The second-order valence-electron chi connectivity index (χ2n) is 6.21. The van der Waals surface area contributed by atoms with Crippen molar-refractivity contribution >= 4 is 30.4 Å². The van der Waals surface area contributed by atoms with E-state index in [1.807, 2.05) is 0 Å². The maximum atomic E-state index is 10.7. The van der Waals surface area contributed by atoms with Crippen molar-refractivity contribution in [3.8, 4) is 0 Å². The van der Waals surface area contributed by atoms with Crippen LogP contribution in [0, 0.1) is 0 Å². The molecule has 0 saturated carbocycles. The summed E-state index contributed by atoms with van der Waals surface area (Å²) in [6.07, 6.45) is -3.48. The van der Waals surface area contributed by atoms with Gasteiger partial charge in [-0.1, -0.05) is 43.2 Å². The molecule has 0 amide bonds. The van der Waals surface area contributed by atoms with Gasteiger partial charge in [-0.25, -0.2) is 0 Å². The van der Waals surface area contributed by atoms with Gasteiger partial charge in [0.05, 0.1) is 0 Å². The van der Waals surface area contributed by atoms with Gasteiger partial charge in [0.2, 0.25) is 0 Å². The molecule has 0 aliphatic heterocycles. The van der Waals surface area contributed by atoms with E-state index in [2.05, 4.69) is 0 Å². The maximum absolute atomic E-state index is 10.7. The molecule has 0 saturated heterocycles. The molecular formula is C10H24K4N2O12P4. The molecule has 0 aromatic heterocycles. The van der Waals surface area contributed by atoms with Crippen LogP contribution >= 0.6 is 30.4 Å². The topological polar surface area (TPSA) is 259 Å². The molecule has 0 unspecified atom stereocenters. The summed E-state index contributed by atoms with van der Waals surface area (Å²) in [6, 6.07) is 0. The van der Waals surface area contributed by atoms with E-state index in [0.717, 1.165) is 0 Å². The van der Waals surface area contributed by atoms with Crippen molar-refractivity contribution in [1.82, 2.24) is 9.80 Å². The molecule has 0 aromatic carbocycles. The standard InChI is InChI=1S/C10H28N2O12P4.4K/c13-25(14,15)7-11(8-26(16,17)18)5-3-1-2-4-6-12(9-27(19,20)21)10-28(22,23)24;;;;/h1-10H2,(H2,13,14,15)(H2,16,17,18)(H2,19,20,21)(H2,22,23,24);;;;/q;4*+1/p-4. The minimum absolute atomic E-state index is 0. The number of unbranched alkanes of at least 4 members (excludes halogenated alkanes) is 3. The Labute approximate surface area is 363 Å². The van der Waals surface area contributed by atoms with Crippen LogP contribution in [-0.2, 0) is 18.3 Å². The van der Waals surface area contributed by atoms with Gasteiger partial charge >= 0.3 is 211 Å². The predicted octanol–water partition coefficient (Wildman–Crippen LogP) is -16.9. The van der Waals surface area contributed by atoms with Crippen molar-refractivity contribution in [2.45, 2.75) is 25.7 Å². The van der Waals surface area contributed by atoms with E-state index < -0.39 is 55.5 Å². The largest absolute Gasteiger partial charge is 1.00 e. The second kappa shape index (κ2) is 23.6. The van der Waals surface area contributed by atoms with Crippen molar-refractivity contribution in [2.75, 3.05) is 38.2 Å². The first-order chi connectivity index (χ1) is 12.4. The zero-order valence-electron chi connectivity index (χ0n) is 22.7. The van der Waals surface area contributed by atoms with Gasteiger partial charge in [0, 0.05) is 25.1 Å². The summed E-state index contributed by atoms with van der Waals surface area (Å²) < 4.78 is 43.0. The van der Waals surface area contributed by atoms with E-state index in [0.29, 0.717) is 22.6 Å². The molecule has 0 rings (SSSR count). The Morgan fingerprint density at radius 3 is 0.781 bits per heavy atom. The minimum Gasteiger partial charge on any atom is -0.810 e. The molecule has 0 aliphatic rings. The molecule has 0 heterocycles. The van der Waals surface area contributed by atoms with E-state index in [1.165, 1.54) is 0 Å². The van der Waals surface area contributed by atoms with Crippen molar-refractivity contribution in [3.05, 3.63) is 0 Å². The summed E-state index contributed by atoms with van der Waals surface area (Å²) in [5, 5.41) is 0. The van der Waals surface area contributed by atoms with E-state index in [-0.39, 0.29) is 237 Å². The zero-order chi connectivity index (χ0) is 22.2. The van der Waals surface area contributed by atoms with Gasteiger partial charge in [-0.3, -0.25) is 9.80 Å². The fourth-order valence-electron chi connectivity index (χ4n) is 2.38. The number of hydrogen-bond acceptors (Lipinski definition) is 14. The molecule has 0 radical (unpaired) electrons. The van der Waals surface area contributed by atoms with Crippen LogP contribution < -0.4 is 245 Å². The molecule has 0 atom stereocenters. The third-order valence-electron chi connectivity index (χ3n) is 3.19. The monoisotopic (exact) mass is 644 g/mol. The molecule has 0 N–H and O–H groups in total. The first kappa shape index (κ1) is 48.8. The Balaban J connectivity index is -0.000000130. The third kappa shape index (κ3) is 37.1. The number of hydrogen-bond donors (Lipinski definition) is 0. The molecule has 0 fully saturated rings. The summed E-state index contributed by atoms with van der Waals surface area (Å²) in [5.74, 6) is 0. The molecule has 0 bridgehead atoms. The van der Waals surface area contributed by atoms with E-state index in [4.69, 9.17) is 0 Å². The first-order valence-corrected chi connectivity index (χ1v) is 14.8. The summed E-state index contributed by atoms with van der Waals surface area (Å²) >= 11 is 0. The van der Waals surface area contributed by atoms with E-state index in [1.54, 1.807) is 0 Å². The number of rotatable bonds is 15. The zero-order valence-corrected chi connectivity index (χ0v) is 34.7. The first-order valence-electron chi connectivity index (χ1n) is 7.85. The summed E-state index contributed by atoms with van der Waals surface area (Å²) in [5.41, 5.74) is 0. The SMILES string of the molecule is O=P([O-])([O-])CN(CCCCCCN(CP(=O)([O-])[O-])CP(=O)([O-])[O-])CP(=O)([O-])[O-].[H+].[H+].[H+].[H+].[K+].[K+].[K+].[K+]. The fourth-order valence-corrected chi connectivity index (χ4v) is 5.62. The average molecular weight is 645 g/mol. The van der Waals surface area contributed by atoms with Crippen LogP contribution in [0.4, 0.5) is 0 Å². The Hall–Kier alpha value is 7.07. The molecular weight excluding hydrogens is 620 g/mol. The van der Waals surface area contributed by atoms with Crippen LogP contribution in [0.5, 0.6) is 0 Å².